The number of rotatable bonds is 4. The van der Waals surface area contributed by atoms with Crippen LogP contribution in [0.15, 0.2) is 23.2 Å². The van der Waals surface area contributed by atoms with Gasteiger partial charge in [-0.1, -0.05) is 13.8 Å². The third-order valence-corrected chi connectivity index (χ3v) is 3.71. The lowest BCUT2D eigenvalue weighted by Crippen LogP contribution is -2.33. The molecule has 2 heterocycles. The maximum absolute atomic E-state index is 4.48. The number of anilines is 1. The van der Waals surface area contributed by atoms with Crippen molar-refractivity contribution in [1.29, 1.82) is 0 Å². The quantitative estimate of drug-likeness (QED) is 0.939. The van der Waals surface area contributed by atoms with Crippen molar-refractivity contribution in [3.8, 4) is 0 Å². The zero-order valence-electron chi connectivity index (χ0n) is 10.4. The van der Waals surface area contributed by atoms with Crippen molar-refractivity contribution in [1.82, 2.24) is 14.4 Å². The van der Waals surface area contributed by atoms with Crippen LogP contribution in [0.25, 0.3) is 5.65 Å². The van der Waals surface area contributed by atoms with Gasteiger partial charge in [-0.05, 0) is 35.7 Å². The molecule has 1 N–H and O–H groups in total. The van der Waals surface area contributed by atoms with Gasteiger partial charge in [0, 0.05) is 24.1 Å². The Morgan fingerprint density at radius 3 is 2.76 bits per heavy atom. The number of hydrogen-bond acceptors (Lipinski definition) is 3. The normalized spacial score (nSPS) is 12.0. The number of imidazole rings is 1. The highest BCUT2D eigenvalue weighted by Crippen LogP contribution is 2.24. The Hall–Kier alpha value is -1.10. The van der Waals surface area contributed by atoms with E-state index >= 15 is 0 Å². The van der Waals surface area contributed by atoms with Gasteiger partial charge in [-0.15, -0.1) is 0 Å². The van der Waals surface area contributed by atoms with Gasteiger partial charge >= 0.3 is 0 Å². The number of nitrogens with one attached hydrogen (secondary N) is 1. The lowest BCUT2D eigenvalue weighted by Gasteiger charge is -2.29. The predicted molar refractivity (Wildman–Crippen MR) is 73.3 cm³/mol. The number of fused-ring (bicyclic) bond motifs is 1. The summed E-state index contributed by atoms with van der Waals surface area (Å²) in [6, 6.07) is 0. The molecule has 0 spiro atoms. The predicted octanol–water partition coefficient (Wildman–Crippen LogP) is 3.48. The van der Waals surface area contributed by atoms with E-state index < -0.39 is 0 Å². The maximum atomic E-state index is 4.48. The van der Waals surface area contributed by atoms with Crippen LogP contribution in [-0.4, -0.2) is 19.9 Å². The molecule has 0 aliphatic rings. The first-order valence-electron chi connectivity index (χ1n) is 5.85. The average molecular weight is 297 g/mol. The molecule has 5 heteroatoms. The fourth-order valence-electron chi connectivity index (χ4n) is 1.70. The van der Waals surface area contributed by atoms with Gasteiger partial charge in [-0.25, -0.2) is 9.97 Å². The van der Waals surface area contributed by atoms with E-state index in [4.69, 9.17) is 0 Å². The lowest BCUT2D eigenvalue weighted by atomic mass is 9.96. The van der Waals surface area contributed by atoms with Crippen molar-refractivity contribution in [2.24, 2.45) is 0 Å². The van der Waals surface area contributed by atoms with Crippen LogP contribution in [0.4, 0.5) is 5.82 Å². The third kappa shape index (κ3) is 2.44. The lowest BCUT2D eigenvalue weighted by molar-refractivity contribution is 0.477. The molecule has 0 fully saturated rings. The second-order valence-corrected chi connectivity index (χ2v) is 5.28. The van der Waals surface area contributed by atoms with Crippen molar-refractivity contribution < 1.29 is 0 Å². The number of nitrogens with zero attached hydrogens (tertiary/aromatic N) is 3. The van der Waals surface area contributed by atoms with Crippen LogP contribution in [0.5, 0.6) is 0 Å². The van der Waals surface area contributed by atoms with E-state index in [0.29, 0.717) is 0 Å². The molecule has 0 aliphatic heterocycles. The summed E-state index contributed by atoms with van der Waals surface area (Å²) in [6.45, 7) is 6.56. The molecule has 2 aromatic rings. The molecule has 0 saturated carbocycles. The van der Waals surface area contributed by atoms with Gasteiger partial charge in [0.05, 0.1) is 0 Å². The standard InChI is InChI=1S/C12H17BrN4/c1-4-12(3,5-2)16-10-11-14-6-7-17(11)8-9(13)15-10/h6-8H,4-5H2,1-3H3,(H,15,16). The monoisotopic (exact) mass is 296 g/mol. The van der Waals surface area contributed by atoms with Gasteiger partial charge in [0.15, 0.2) is 11.5 Å². The molecule has 92 valence electrons. The van der Waals surface area contributed by atoms with Gasteiger partial charge in [0.2, 0.25) is 0 Å². The van der Waals surface area contributed by atoms with Crippen molar-refractivity contribution >= 4 is 27.4 Å². The van der Waals surface area contributed by atoms with E-state index in [0.717, 1.165) is 28.9 Å². The molecule has 0 amide bonds. The van der Waals surface area contributed by atoms with Crippen LogP contribution in [0.2, 0.25) is 0 Å². The molecule has 2 aromatic heterocycles. The summed E-state index contributed by atoms with van der Waals surface area (Å²) in [5.74, 6) is 0.829. The zero-order valence-corrected chi connectivity index (χ0v) is 12.0. The Morgan fingerprint density at radius 2 is 2.12 bits per heavy atom. The molecule has 0 unspecified atom stereocenters. The topological polar surface area (TPSA) is 42.2 Å². The highest BCUT2D eigenvalue weighted by Gasteiger charge is 2.21. The molecule has 4 nitrogen and oxygen atoms in total. The molecule has 0 bridgehead atoms. The van der Waals surface area contributed by atoms with Gasteiger partial charge in [0.25, 0.3) is 0 Å². The average Bonchev–Trinajstić information content (AvgIpc) is 2.77. The summed E-state index contributed by atoms with van der Waals surface area (Å²) < 4.78 is 2.77. The molecular formula is C12H17BrN4. The van der Waals surface area contributed by atoms with Crippen molar-refractivity contribution in [2.75, 3.05) is 5.32 Å². The van der Waals surface area contributed by atoms with E-state index in [2.05, 4.69) is 52.0 Å². The van der Waals surface area contributed by atoms with Crippen LogP contribution in [0.1, 0.15) is 33.6 Å². The third-order valence-electron chi connectivity index (χ3n) is 3.33. The van der Waals surface area contributed by atoms with E-state index in [1.807, 2.05) is 16.8 Å². The summed E-state index contributed by atoms with van der Waals surface area (Å²) >= 11 is 3.42. The molecule has 2 rings (SSSR count). The van der Waals surface area contributed by atoms with Gasteiger partial charge in [-0.3, -0.25) is 0 Å². The highest BCUT2D eigenvalue weighted by molar-refractivity contribution is 9.10. The maximum Gasteiger partial charge on any atom is 0.180 e. The molecular weight excluding hydrogens is 280 g/mol. The SMILES string of the molecule is CCC(C)(CC)Nc1nc(Br)cn2ccnc12. The Labute approximate surface area is 110 Å². The zero-order chi connectivity index (χ0) is 12.5. The summed E-state index contributed by atoms with van der Waals surface area (Å²) in [5, 5.41) is 3.50. The minimum absolute atomic E-state index is 0.0558. The van der Waals surface area contributed by atoms with Gasteiger partial charge in [-0.2, -0.15) is 0 Å². The molecule has 0 saturated heterocycles. The number of halogens is 1. The van der Waals surface area contributed by atoms with E-state index in [-0.39, 0.29) is 5.54 Å². The molecule has 0 atom stereocenters. The summed E-state index contributed by atoms with van der Waals surface area (Å²) in [5.41, 5.74) is 0.918. The van der Waals surface area contributed by atoms with Crippen LogP contribution in [-0.2, 0) is 0 Å². The van der Waals surface area contributed by atoms with Crippen LogP contribution in [0.3, 0.4) is 0 Å². The molecule has 0 aromatic carbocycles. The van der Waals surface area contributed by atoms with Crippen LogP contribution in [0, 0.1) is 0 Å². The Balaban J connectivity index is 2.44. The fraction of sp³-hybridized carbons (Fsp3) is 0.500. The number of aromatic nitrogens is 3. The first-order valence-corrected chi connectivity index (χ1v) is 6.64. The molecule has 0 aliphatic carbocycles. The van der Waals surface area contributed by atoms with Crippen molar-refractivity contribution in [3.63, 3.8) is 0 Å². The fourth-order valence-corrected chi connectivity index (χ4v) is 2.10. The van der Waals surface area contributed by atoms with E-state index in [1.54, 1.807) is 6.20 Å². The van der Waals surface area contributed by atoms with E-state index in [9.17, 15) is 0 Å². The van der Waals surface area contributed by atoms with Crippen molar-refractivity contribution in [2.45, 2.75) is 39.2 Å². The minimum atomic E-state index is 0.0558. The van der Waals surface area contributed by atoms with Crippen LogP contribution < -0.4 is 5.32 Å². The molecule has 0 radical (unpaired) electrons. The van der Waals surface area contributed by atoms with E-state index in [1.165, 1.54) is 0 Å². The summed E-state index contributed by atoms with van der Waals surface area (Å²) in [7, 11) is 0. The first-order chi connectivity index (χ1) is 8.08. The first kappa shape index (κ1) is 12.4. The highest BCUT2D eigenvalue weighted by atomic mass is 79.9. The van der Waals surface area contributed by atoms with Gasteiger partial charge < -0.3 is 9.72 Å². The minimum Gasteiger partial charge on any atom is -0.362 e. The summed E-state index contributed by atoms with van der Waals surface area (Å²) in [4.78, 5) is 8.81. The number of hydrogen-bond donors (Lipinski definition) is 1. The van der Waals surface area contributed by atoms with Crippen molar-refractivity contribution in [3.05, 3.63) is 23.2 Å². The second kappa shape index (κ2) is 4.64. The van der Waals surface area contributed by atoms with Gasteiger partial charge in [0.1, 0.15) is 4.60 Å². The Bertz CT molecular complexity index is 516. The summed E-state index contributed by atoms with van der Waals surface area (Å²) in [6.07, 6.45) is 7.70. The Morgan fingerprint density at radius 1 is 1.41 bits per heavy atom. The smallest absolute Gasteiger partial charge is 0.180 e. The largest absolute Gasteiger partial charge is 0.362 e. The second-order valence-electron chi connectivity index (χ2n) is 4.46. The Kier molecular flexibility index (Phi) is 3.38. The molecule has 17 heavy (non-hydrogen) atoms. The van der Waals surface area contributed by atoms with Crippen LogP contribution >= 0.6 is 15.9 Å².